The molecule has 1 N–H and O–H groups in total. The van der Waals surface area contributed by atoms with E-state index in [4.69, 9.17) is 9.47 Å². The van der Waals surface area contributed by atoms with Crippen LogP contribution >= 0.6 is 0 Å². The summed E-state index contributed by atoms with van der Waals surface area (Å²) in [5, 5.41) is 11.6. The zero-order chi connectivity index (χ0) is 35.5. The van der Waals surface area contributed by atoms with Gasteiger partial charge >= 0.3 is 11.9 Å². The molecule has 0 amide bonds. The van der Waals surface area contributed by atoms with Crippen molar-refractivity contribution in [2.45, 2.75) is 258 Å². The van der Waals surface area contributed by atoms with Crippen LogP contribution in [0, 0.1) is 0 Å². The molecule has 0 aliphatic rings. The number of ether oxygens (including phenoxy) is 2. The summed E-state index contributed by atoms with van der Waals surface area (Å²) in [6.45, 7) is 9.76. The normalized spacial score (nSPS) is 13.5. The second-order valence-corrected chi connectivity index (χ2v) is 14.8. The Morgan fingerprint density at radius 3 is 0.979 bits per heavy atom. The predicted molar refractivity (Wildman–Crippen MR) is 203 cm³/mol. The summed E-state index contributed by atoms with van der Waals surface area (Å²) >= 11 is 0. The van der Waals surface area contributed by atoms with Gasteiger partial charge in [0.1, 0.15) is 6.10 Å². The van der Waals surface area contributed by atoms with E-state index in [-0.39, 0.29) is 11.9 Å². The molecule has 0 spiro atoms. The molecule has 0 aromatic rings. The fourth-order valence-electron chi connectivity index (χ4n) is 6.50. The summed E-state index contributed by atoms with van der Waals surface area (Å²) in [4.78, 5) is 24.7. The monoisotopic (exact) mass is 682 g/mol. The van der Waals surface area contributed by atoms with Gasteiger partial charge < -0.3 is 14.7 Å². The lowest BCUT2D eigenvalue weighted by Gasteiger charge is -2.31. The molecule has 0 aromatic carbocycles. The van der Waals surface area contributed by atoms with Crippen molar-refractivity contribution in [3.63, 3.8) is 0 Å². The molecule has 3 unspecified atom stereocenters. The van der Waals surface area contributed by atoms with Crippen LogP contribution < -0.4 is 0 Å². The maximum absolute atomic E-state index is 12.4. The fraction of sp³-hybridized carbons (Fsp3) is 0.952. The summed E-state index contributed by atoms with van der Waals surface area (Å²) in [6, 6.07) is -0.483. The third kappa shape index (κ3) is 30.9. The van der Waals surface area contributed by atoms with Crippen LogP contribution in [0.3, 0.4) is 0 Å². The molecule has 0 aliphatic carbocycles. The minimum atomic E-state index is -0.791. The van der Waals surface area contributed by atoms with E-state index in [0.29, 0.717) is 12.8 Å². The van der Waals surface area contributed by atoms with Gasteiger partial charge in [-0.3, -0.25) is 9.59 Å². The van der Waals surface area contributed by atoms with E-state index in [2.05, 4.69) is 13.8 Å². The summed E-state index contributed by atoms with van der Waals surface area (Å²) in [5.41, 5.74) is 0. The smallest absolute Gasteiger partial charge is 0.307 e. The van der Waals surface area contributed by atoms with E-state index in [9.17, 15) is 14.8 Å². The first kappa shape index (κ1) is 46.9. The highest BCUT2D eigenvalue weighted by molar-refractivity contribution is 5.69. The Bertz CT molecular complexity index is 644. The predicted octanol–water partition coefficient (Wildman–Crippen LogP) is 13.4. The largest absolute Gasteiger partial charge is 0.461 e. The molecule has 0 saturated heterocycles. The minimum Gasteiger partial charge on any atom is -0.461 e. The van der Waals surface area contributed by atoms with Crippen molar-refractivity contribution in [2.75, 3.05) is 0 Å². The molecule has 0 radical (unpaired) electrons. The second kappa shape index (κ2) is 35.7. The lowest BCUT2D eigenvalue weighted by molar-refractivity contribution is -0.241. The third-order valence-corrected chi connectivity index (χ3v) is 10.1. The molecule has 0 aliphatic heterocycles. The molecule has 0 bridgehead atoms. The fourth-order valence-corrected chi connectivity index (χ4v) is 6.50. The number of rotatable bonds is 37. The van der Waals surface area contributed by atoms with E-state index >= 15 is 0 Å². The Balaban J connectivity index is 3.73. The summed E-state index contributed by atoms with van der Waals surface area (Å²) in [5.74, 6) is -0.517. The Morgan fingerprint density at radius 1 is 0.438 bits per heavy atom. The van der Waals surface area contributed by atoms with E-state index in [1.807, 2.05) is 0 Å². The quantitative estimate of drug-likeness (QED) is 0.0304. The Morgan fingerprint density at radius 2 is 0.688 bits per heavy atom. The van der Waals surface area contributed by atoms with Crippen LogP contribution in [0.4, 0.5) is 0 Å². The van der Waals surface area contributed by atoms with Gasteiger partial charge in [0.25, 0.3) is 0 Å². The van der Waals surface area contributed by atoms with Gasteiger partial charge in [0, 0.05) is 12.8 Å². The first-order valence-corrected chi connectivity index (χ1v) is 21.2. The highest BCUT2D eigenvalue weighted by Gasteiger charge is 2.27. The molecule has 3 atom stereocenters. The number of hydrogen-bond donors (Lipinski definition) is 1. The maximum Gasteiger partial charge on any atom is 0.307 e. The molecule has 0 heterocycles. The van der Waals surface area contributed by atoms with Crippen molar-refractivity contribution in [1.29, 1.82) is 0 Å². The van der Waals surface area contributed by atoms with Gasteiger partial charge in [0.2, 0.25) is 0 Å². The van der Waals surface area contributed by atoms with Crippen molar-refractivity contribution < 1.29 is 24.3 Å². The van der Waals surface area contributed by atoms with Crippen molar-refractivity contribution >= 4 is 11.9 Å². The van der Waals surface area contributed by atoms with E-state index in [1.165, 1.54) is 161 Å². The SMILES string of the molecule is CCCCCCCCCCCCCCCCCC(=O)OC(C)C(C)N(O)C(C)OC(=O)CCCCCCCCCCCCCCCCC. The highest BCUT2D eigenvalue weighted by Crippen LogP contribution is 2.17. The van der Waals surface area contributed by atoms with Crippen LogP contribution in [0.15, 0.2) is 0 Å². The van der Waals surface area contributed by atoms with Crippen molar-refractivity contribution in [2.24, 2.45) is 0 Å². The van der Waals surface area contributed by atoms with Crippen molar-refractivity contribution in [3.05, 3.63) is 0 Å². The number of carbonyl (C=O) groups is 2. The molecule has 6 heteroatoms. The van der Waals surface area contributed by atoms with E-state index in [1.54, 1.807) is 20.8 Å². The van der Waals surface area contributed by atoms with Crippen LogP contribution in [0.5, 0.6) is 0 Å². The molecular formula is C42H83NO5. The summed E-state index contributed by atoms with van der Waals surface area (Å²) in [6.07, 6.45) is 38.2. The average Bonchev–Trinajstić information content (AvgIpc) is 3.07. The number of hydrogen-bond acceptors (Lipinski definition) is 6. The Kier molecular flexibility index (Phi) is 34.8. The standard InChI is InChI=1S/C42H83NO5/c1-6-8-10-12-14-16-18-20-22-24-26-28-30-32-34-36-41(44)47-39(4)38(3)43(46)40(5)48-42(45)37-35-33-31-29-27-25-23-21-19-17-15-13-11-9-7-2/h38-40,46H,6-37H2,1-5H3. The van der Waals surface area contributed by atoms with E-state index in [0.717, 1.165) is 37.2 Å². The minimum absolute atomic E-state index is 0.227. The van der Waals surface area contributed by atoms with Gasteiger partial charge in [-0.1, -0.05) is 194 Å². The summed E-state index contributed by atoms with van der Waals surface area (Å²) in [7, 11) is 0. The lowest BCUT2D eigenvalue weighted by Crippen LogP contribution is -2.46. The Labute approximate surface area is 299 Å². The van der Waals surface area contributed by atoms with Gasteiger partial charge in [0.15, 0.2) is 6.23 Å². The van der Waals surface area contributed by atoms with Crippen molar-refractivity contribution in [1.82, 2.24) is 5.06 Å². The number of nitrogens with zero attached hydrogens (tertiary/aromatic N) is 1. The van der Waals surface area contributed by atoms with Gasteiger partial charge in [-0.25, -0.2) is 0 Å². The van der Waals surface area contributed by atoms with Crippen LogP contribution in [0.25, 0.3) is 0 Å². The number of esters is 2. The molecule has 0 rings (SSSR count). The molecule has 286 valence electrons. The summed E-state index contributed by atoms with van der Waals surface area (Å²) < 4.78 is 11.1. The molecule has 6 nitrogen and oxygen atoms in total. The highest BCUT2D eigenvalue weighted by atomic mass is 16.6. The van der Waals surface area contributed by atoms with Crippen LogP contribution in [-0.2, 0) is 19.1 Å². The van der Waals surface area contributed by atoms with Crippen LogP contribution in [-0.4, -0.2) is 40.6 Å². The van der Waals surface area contributed by atoms with Crippen molar-refractivity contribution in [3.8, 4) is 0 Å². The zero-order valence-corrected chi connectivity index (χ0v) is 32.9. The molecule has 0 fully saturated rings. The first-order valence-electron chi connectivity index (χ1n) is 21.2. The molecular weight excluding hydrogens is 598 g/mol. The average molecular weight is 682 g/mol. The zero-order valence-electron chi connectivity index (χ0n) is 32.9. The maximum atomic E-state index is 12.4. The molecule has 0 saturated carbocycles. The van der Waals surface area contributed by atoms with Gasteiger partial charge in [-0.15, -0.1) is 5.06 Å². The number of hydroxylamine groups is 2. The first-order chi connectivity index (χ1) is 23.3. The number of unbranched alkanes of at least 4 members (excludes halogenated alkanes) is 28. The van der Waals surface area contributed by atoms with Crippen LogP contribution in [0.2, 0.25) is 0 Å². The Hall–Kier alpha value is -1.14. The third-order valence-electron chi connectivity index (χ3n) is 10.1. The molecule has 0 aromatic heterocycles. The topological polar surface area (TPSA) is 76.1 Å². The second-order valence-electron chi connectivity index (χ2n) is 14.8. The van der Waals surface area contributed by atoms with Crippen LogP contribution in [0.1, 0.15) is 240 Å². The lowest BCUT2D eigenvalue weighted by atomic mass is 10.0. The van der Waals surface area contributed by atoms with Gasteiger partial charge in [0.05, 0.1) is 6.04 Å². The number of carbonyl (C=O) groups excluding carboxylic acids is 2. The van der Waals surface area contributed by atoms with E-state index < -0.39 is 18.4 Å². The van der Waals surface area contributed by atoms with Gasteiger partial charge in [-0.2, -0.15) is 0 Å². The molecule has 48 heavy (non-hydrogen) atoms. The van der Waals surface area contributed by atoms with Gasteiger partial charge in [-0.05, 0) is 33.6 Å².